The van der Waals surface area contributed by atoms with Crippen molar-refractivity contribution in [1.29, 1.82) is 0 Å². The average molecular weight is 362 g/mol. The highest BCUT2D eigenvalue weighted by molar-refractivity contribution is 6.31. The van der Waals surface area contributed by atoms with E-state index in [1.54, 1.807) is 18.3 Å². The third-order valence-electron chi connectivity index (χ3n) is 4.26. The summed E-state index contributed by atoms with van der Waals surface area (Å²) < 4.78 is 0. The molecule has 1 amide bonds. The second-order valence-corrected chi connectivity index (χ2v) is 6.52. The normalized spacial score (nSPS) is 11.5. The van der Waals surface area contributed by atoms with Crippen molar-refractivity contribution in [1.82, 2.24) is 9.97 Å². The number of H-pyrrole nitrogens is 1. The fourth-order valence-corrected chi connectivity index (χ4v) is 3.05. The molecule has 4 nitrogen and oxygen atoms in total. The van der Waals surface area contributed by atoms with Crippen LogP contribution in [0.3, 0.4) is 0 Å². The van der Waals surface area contributed by atoms with Gasteiger partial charge in [-0.05, 0) is 42.8 Å². The predicted octanol–water partition coefficient (Wildman–Crippen LogP) is 5.33. The molecule has 0 saturated carbocycles. The van der Waals surface area contributed by atoms with Crippen molar-refractivity contribution < 1.29 is 4.79 Å². The van der Waals surface area contributed by atoms with E-state index >= 15 is 0 Å². The molecule has 2 heterocycles. The number of benzene rings is 2. The number of aromatic nitrogens is 2. The molecule has 26 heavy (non-hydrogen) atoms. The second kappa shape index (κ2) is 6.65. The summed E-state index contributed by atoms with van der Waals surface area (Å²) in [5.74, 6) is -0.231. The van der Waals surface area contributed by atoms with Gasteiger partial charge in [0, 0.05) is 33.1 Å². The minimum atomic E-state index is -0.231. The lowest BCUT2D eigenvalue weighted by atomic mass is 10.1. The van der Waals surface area contributed by atoms with Gasteiger partial charge in [0.2, 0.25) is 5.91 Å². The Labute approximate surface area is 155 Å². The van der Waals surface area contributed by atoms with Crippen LogP contribution >= 0.6 is 11.6 Å². The van der Waals surface area contributed by atoms with E-state index in [4.69, 9.17) is 11.6 Å². The number of para-hydroxylation sites is 1. The zero-order valence-electron chi connectivity index (χ0n) is 14.1. The number of nitrogens with zero attached hydrogens (tertiary/aromatic N) is 1. The second-order valence-electron chi connectivity index (χ2n) is 6.11. The van der Waals surface area contributed by atoms with Crippen molar-refractivity contribution in [2.75, 3.05) is 5.32 Å². The Hall–Kier alpha value is -3.11. The minimum Gasteiger partial charge on any atom is -0.353 e. The van der Waals surface area contributed by atoms with Crippen LogP contribution in [0.1, 0.15) is 11.3 Å². The van der Waals surface area contributed by atoms with Crippen LogP contribution in [0.4, 0.5) is 5.69 Å². The van der Waals surface area contributed by atoms with Crippen LogP contribution in [0.25, 0.3) is 27.9 Å². The molecule has 2 N–H and O–H groups in total. The Morgan fingerprint density at radius 3 is 2.81 bits per heavy atom. The number of pyridine rings is 1. The standard InChI is InChI=1S/C21H16ClN3O/c1-13-6-7-15(11-18(13)22)24-21(26)9-8-14-10-17-16-4-2-3-5-19(16)25-20(17)12-23-14/h2-12,25H,1H3,(H,24,26)/b9-8+. The molecule has 0 bridgehead atoms. The van der Waals surface area contributed by atoms with Gasteiger partial charge in [-0.1, -0.05) is 35.9 Å². The summed E-state index contributed by atoms with van der Waals surface area (Å²) in [6, 6.07) is 15.5. The van der Waals surface area contributed by atoms with Crippen molar-refractivity contribution in [3.05, 3.63) is 77.1 Å². The summed E-state index contributed by atoms with van der Waals surface area (Å²) in [6.07, 6.45) is 4.95. The number of hydrogen-bond donors (Lipinski definition) is 2. The summed E-state index contributed by atoms with van der Waals surface area (Å²) >= 11 is 6.08. The smallest absolute Gasteiger partial charge is 0.248 e. The zero-order valence-corrected chi connectivity index (χ0v) is 14.8. The molecule has 4 rings (SSSR count). The van der Waals surface area contributed by atoms with Crippen molar-refractivity contribution in [3.8, 4) is 0 Å². The molecule has 0 aliphatic rings. The van der Waals surface area contributed by atoms with Gasteiger partial charge in [0.25, 0.3) is 0 Å². The lowest BCUT2D eigenvalue weighted by molar-refractivity contribution is -0.111. The van der Waals surface area contributed by atoms with E-state index in [-0.39, 0.29) is 5.91 Å². The van der Waals surface area contributed by atoms with Gasteiger partial charge in [0.15, 0.2) is 0 Å². The van der Waals surface area contributed by atoms with E-state index in [0.717, 1.165) is 33.1 Å². The molecule has 0 spiro atoms. The first kappa shape index (κ1) is 16.4. The predicted molar refractivity (Wildman–Crippen MR) is 107 cm³/mol. The highest BCUT2D eigenvalue weighted by Gasteiger charge is 2.05. The molecule has 0 radical (unpaired) electrons. The van der Waals surface area contributed by atoms with Crippen molar-refractivity contribution in [2.45, 2.75) is 6.92 Å². The van der Waals surface area contributed by atoms with Gasteiger partial charge in [-0.15, -0.1) is 0 Å². The van der Waals surface area contributed by atoms with Crippen LogP contribution in [0.5, 0.6) is 0 Å². The molecule has 0 saturated heterocycles. The molecule has 5 heteroatoms. The summed E-state index contributed by atoms with van der Waals surface area (Å²) in [5, 5.41) is 5.64. The first-order valence-corrected chi connectivity index (χ1v) is 8.59. The Balaban J connectivity index is 1.56. The number of hydrogen-bond acceptors (Lipinski definition) is 2. The SMILES string of the molecule is Cc1ccc(NC(=O)/C=C/c2cc3c(cn2)[nH]c2ccccc23)cc1Cl. The van der Waals surface area contributed by atoms with Crippen molar-refractivity contribution in [3.63, 3.8) is 0 Å². The highest BCUT2D eigenvalue weighted by atomic mass is 35.5. The molecule has 0 unspecified atom stereocenters. The number of nitrogens with one attached hydrogen (secondary N) is 2. The Bertz CT molecular complexity index is 1160. The van der Waals surface area contributed by atoms with Crippen molar-refractivity contribution >= 4 is 51.1 Å². The van der Waals surface area contributed by atoms with E-state index in [1.165, 1.54) is 6.08 Å². The number of carbonyl (C=O) groups is 1. The topological polar surface area (TPSA) is 57.8 Å². The van der Waals surface area contributed by atoms with E-state index in [2.05, 4.69) is 21.4 Å². The van der Waals surface area contributed by atoms with Gasteiger partial charge in [0.05, 0.1) is 17.4 Å². The highest BCUT2D eigenvalue weighted by Crippen LogP contribution is 2.25. The van der Waals surface area contributed by atoms with E-state index in [0.29, 0.717) is 10.7 Å². The Morgan fingerprint density at radius 1 is 1.12 bits per heavy atom. The summed E-state index contributed by atoms with van der Waals surface area (Å²) in [4.78, 5) is 19.9. The van der Waals surface area contributed by atoms with Crippen LogP contribution in [0.2, 0.25) is 5.02 Å². The maximum absolute atomic E-state index is 12.1. The molecule has 2 aromatic carbocycles. The molecule has 2 aromatic heterocycles. The molecule has 0 atom stereocenters. The molecule has 128 valence electrons. The van der Waals surface area contributed by atoms with Gasteiger partial charge in [-0.2, -0.15) is 0 Å². The molecule has 0 aliphatic carbocycles. The lowest BCUT2D eigenvalue weighted by Gasteiger charge is -2.04. The first-order valence-electron chi connectivity index (χ1n) is 8.22. The van der Waals surface area contributed by atoms with Gasteiger partial charge < -0.3 is 10.3 Å². The zero-order chi connectivity index (χ0) is 18.1. The third-order valence-corrected chi connectivity index (χ3v) is 4.66. The third kappa shape index (κ3) is 3.19. The molecular weight excluding hydrogens is 346 g/mol. The monoisotopic (exact) mass is 361 g/mol. The van der Waals surface area contributed by atoms with Gasteiger partial charge in [-0.25, -0.2) is 0 Å². The van der Waals surface area contributed by atoms with Crippen LogP contribution in [0.15, 0.2) is 60.8 Å². The fourth-order valence-electron chi connectivity index (χ4n) is 2.87. The van der Waals surface area contributed by atoms with Crippen molar-refractivity contribution in [2.24, 2.45) is 0 Å². The number of aryl methyl sites for hydroxylation is 1. The van der Waals surface area contributed by atoms with Crippen LogP contribution in [-0.4, -0.2) is 15.9 Å². The number of rotatable bonds is 3. The fraction of sp³-hybridized carbons (Fsp3) is 0.0476. The summed E-state index contributed by atoms with van der Waals surface area (Å²) in [7, 11) is 0. The average Bonchev–Trinajstić information content (AvgIpc) is 3.01. The molecule has 0 fully saturated rings. The minimum absolute atomic E-state index is 0.231. The molecule has 4 aromatic rings. The van der Waals surface area contributed by atoms with Crippen LogP contribution in [-0.2, 0) is 4.79 Å². The summed E-state index contributed by atoms with van der Waals surface area (Å²) in [6.45, 7) is 1.92. The van der Waals surface area contributed by atoms with Crippen LogP contribution < -0.4 is 5.32 Å². The molecule has 0 aliphatic heterocycles. The maximum Gasteiger partial charge on any atom is 0.248 e. The Morgan fingerprint density at radius 2 is 1.96 bits per heavy atom. The Kier molecular flexibility index (Phi) is 4.19. The number of fused-ring (bicyclic) bond motifs is 3. The maximum atomic E-state index is 12.1. The van der Waals surface area contributed by atoms with E-state index in [1.807, 2.05) is 43.3 Å². The van der Waals surface area contributed by atoms with Gasteiger partial charge >= 0.3 is 0 Å². The van der Waals surface area contributed by atoms with E-state index in [9.17, 15) is 4.79 Å². The summed E-state index contributed by atoms with van der Waals surface area (Å²) in [5.41, 5.74) is 4.40. The lowest BCUT2D eigenvalue weighted by Crippen LogP contribution is -2.07. The number of aromatic amines is 1. The number of amides is 1. The van der Waals surface area contributed by atoms with Gasteiger partial charge in [-0.3, -0.25) is 9.78 Å². The van der Waals surface area contributed by atoms with E-state index < -0.39 is 0 Å². The quantitative estimate of drug-likeness (QED) is 0.484. The first-order chi connectivity index (χ1) is 12.6. The number of anilines is 1. The van der Waals surface area contributed by atoms with Crippen LogP contribution in [0, 0.1) is 6.92 Å². The van der Waals surface area contributed by atoms with Gasteiger partial charge in [0.1, 0.15) is 0 Å². The number of carbonyl (C=O) groups excluding carboxylic acids is 1. The number of halogens is 1. The molecular formula is C21H16ClN3O. The largest absolute Gasteiger partial charge is 0.353 e.